The van der Waals surface area contributed by atoms with Crippen LogP contribution in [0, 0.1) is 0 Å². The Morgan fingerprint density at radius 3 is 2.55 bits per heavy atom. The summed E-state index contributed by atoms with van der Waals surface area (Å²) in [6.07, 6.45) is 0.0311. The molecule has 2 rings (SSSR count). The number of hydrogen-bond acceptors (Lipinski definition) is 3. The number of carboxylic acids is 1. The van der Waals surface area contributed by atoms with Gasteiger partial charge in [-0.1, -0.05) is 11.6 Å². The molecular formula is C16H20ClNO4. The van der Waals surface area contributed by atoms with Gasteiger partial charge in [-0.3, -0.25) is 0 Å². The molecule has 0 aliphatic carbocycles. The van der Waals surface area contributed by atoms with E-state index in [1.165, 1.54) is 6.07 Å². The van der Waals surface area contributed by atoms with Gasteiger partial charge in [-0.25, -0.2) is 9.59 Å². The topological polar surface area (TPSA) is 66.8 Å². The predicted molar refractivity (Wildman–Crippen MR) is 83.5 cm³/mol. The van der Waals surface area contributed by atoms with Gasteiger partial charge in [0, 0.05) is 11.6 Å². The molecule has 0 radical (unpaired) electrons. The normalized spacial score (nSPS) is 17.9. The summed E-state index contributed by atoms with van der Waals surface area (Å²) < 4.78 is 5.41. The summed E-state index contributed by atoms with van der Waals surface area (Å²) >= 11 is 6.25. The number of benzene rings is 1. The fourth-order valence-electron chi connectivity index (χ4n) is 2.71. The Balaban J connectivity index is 2.38. The minimum Gasteiger partial charge on any atom is -0.478 e. The van der Waals surface area contributed by atoms with E-state index in [0.717, 1.165) is 0 Å². The van der Waals surface area contributed by atoms with E-state index in [-0.39, 0.29) is 11.6 Å². The van der Waals surface area contributed by atoms with Crippen molar-refractivity contribution in [3.8, 4) is 0 Å². The molecule has 0 aromatic heterocycles. The first-order chi connectivity index (χ1) is 10.1. The quantitative estimate of drug-likeness (QED) is 0.850. The zero-order valence-electron chi connectivity index (χ0n) is 13.1. The zero-order chi connectivity index (χ0) is 16.7. The number of ether oxygens (including phenoxy) is 1. The van der Waals surface area contributed by atoms with E-state index in [0.29, 0.717) is 29.1 Å². The van der Waals surface area contributed by atoms with E-state index in [2.05, 4.69) is 0 Å². The molecule has 1 heterocycles. The molecule has 0 saturated heterocycles. The summed E-state index contributed by atoms with van der Waals surface area (Å²) in [4.78, 5) is 25.2. The van der Waals surface area contributed by atoms with Crippen LogP contribution in [0.5, 0.6) is 0 Å². The number of hydrogen-bond donors (Lipinski definition) is 1. The molecule has 0 fully saturated rings. The second-order valence-electron chi connectivity index (χ2n) is 6.39. The van der Waals surface area contributed by atoms with Gasteiger partial charge in [0.1, 0.15) is 5.60 Å². The second-order valence-corrected chi connectivity index (χ2v) is 6.80. The fourth-order valence-corrected chi connectivity index (χ4v) is 3.04. The van der Waals surface area contributed by atoms with Crippen molar-refractivity contribution in [2.24, 2.45) is 0 Å². The maximum Gasteiger partial charge on any atom is 0.410 e. The number of nitrogens with zero attached hydrogens (tertiary/aromatic N) is 1. The summed E-state index contributed by atoms with van der Waals surface area (Å²) in [7, 11) is 0. The molecule has 0 saturated carbocycles. The highest BCUT2D eigenvalue weighted by Gasteiger charge is 2.34. The molecule has 1 aromatic carbocycles. The Hall–Kier alpha value is -1.75. The molecule has 1 aliphatic rings. The van der Waals surface area contributed by atoms with Gasteiger partial charge in [0.15, 0.2) is 0 Å². The van der Waals surface area contributed by atoms with E-state index in [9.17, 15) is 14.7 Å². The maximum absolute atomic E-state index is 12.3. The summed E-state index contributed by atoms with van der Waals surface area (Å²) in [5.41, 5.74) is 1.06. The lowest BCUT2D eigenvalue weighted by atomic mass is 9.90. The van der Waals surface area contributed by atoms with Gasteiger partial charge in [0.2, 0.25) is 0 Å². The molecule has 120 valence electrons. The predicted octanol–water partition coefficient (Wildman–Crippen LogP) is 3.89. The third-order valence-electron chi connectivity index (χ3n) is 3.65. The zero-order valence-corrected chi connectivity index (χ0v) is 13.9. The number of aromatic carboxylic acids is 1. The molecule has 1 atom stereocenters. The number of carboxylic acid groups (broad SMARTS) is 1. The molecule has 1 unspecified atom stereocenters. The minimum absolute atomic E-state index is 0.245. The fraction of sp³-hybridized carbons (Fsp3) is 0.500. The van der Waals surface area contributed by atoms with Crippen LogP contribution >= 0.6 is 11.6 Å². The van der Waals surface area contributed by atoms with Gasteiger partial charge in [-0.2, -0.15) is 0 Å². The van der Waals surface area contributed by atoms with Crippen LogP contribution in [-0.4, -0.2) is 34.2 Å². The van der Waals surface area contributed by atoms with Crippen LogP contribution in [0.3, 0.4) is 0 Å². The van der Waals surface area contributed by atoms with Crippen molar-refractivity contribution >= 4 is 23.7 Å². The second kappa shape index (κ2) is 5.80. The van der Waals surface area contributed by atoms with Crippen LogP contribution in [-0.2, 0) is 11.2 Å². The molecule has 1 N–H and O–H groups in total. The lowest BCUT2D eigenvalue weighted by Crippen LogP contribution is -2.42. The average molecular weight is 326 g/mol. The third kappa shape index (κ3) is 3.19. The summed E-state index contributed by atoms with van der Waals surface area (Å²) in [5.74, 6) is -0.981. The Morgan fingerprint density at radius 2 is 2.00 bits per heavy atom. The lowest BCUT2D eigenvalue weighted by Gasteiger charge is -2.37. The number of rotatable bonds is 1. The number of carbonyl (C=O) groups is 2. The van der Waals surface area contributed by atoms with Crippen molar-refractivity contribution in [1.29, 1.82) is 0 Å². The van der Waals surface area contributed by atoms with Crippen molar-refractivity contribution < 1.29 is 19.4 Å². The largest absolute Gasteiger partial charge is 0.478 e. The van der Waals surface area contributed by atoms with Crippen LogP contribution in [0.15, 0.2) is 12.1 Å². The van der Waals surface area contributed by atoms with Crippen molar-refractivity contribution in [2.75, 3.05) is 6.54 Å². The van der Waals surface area contributed by atoms with Gasteiger partial charge in [0.25, 0.3) is 0 Å². The monoisotopic (exact) mass is 325 g/mol. The first kappa shape index (κ1) is 16.6. The molecule has 1 aromatic rings. The van der Waals surface area contributed by atoms with Gasteiger partial charge in [-0.15, -0.1) is 0 Å². The minimum atomic E-state index is -0.981. The Kier molecular flexibility index (Phi) is 4.38. The van der Waals surface area contributed by atoms with Crippen molar-refractivity contribution in [1.82, 2.24) is 4.90 Å². The lowest BCUT2D eigenvalue weighted by molar-refractivity contribution is 0.0160. The molecule has 22 heavy (non-hydrogen) atoms. The number of halogens is 1. The Labute approximate surface area is 134 Å². The van der Waals surface area contributed by atoms with Crippen LogP contribution in [0.1, 0.15) is 55.2 Å². The summed E-state index contributed by atoms with van der Waals surface area (Å²) in [6.45, 7) is 7.66. The van der Waals surface area contributed by atoms with E-state index in [1.807, 2.05) is 27.7 Å². The van der Waals surface area contributed by atoms with E-state index in [4.69, 9.17) is 16.3 Å². The summed E-state index contributed by atoms with van der Waals surface area (Å²) in [5, 5.41) is 9.77. The maximum atomic E-state index is 12.3. The first-order valence-corrected chi connectivity index (χ1v) is 7.54. The highest BCUT2D eigenvalue weighted by atomic mass is 35.5. The highest BCUT2D eigenvalue weighted by Crippen LogP contribution is 2.37. The van der Waals surface area contributed by atoms with Crippen molar-refractivity contribution in [3.05, 3.63) is 33.8 Å². The number of amides is 1. The first-order valence-electron chi connectivity index (χ1n) is 7.16. The van der Waals surface area contributed by atoms with Crippen molar-refractivity contribution in [2.45, 2.75) is 45.8 Å². The van der Waals surface area contributed by atoms with Crippen LogP contribution in [0.4, 0.5) is 4.79 Å². The number of fused-ring (bicyclic) bond motifs is 1. The highest BCUT2D eigenvalue weighted by molar-refractivity contribution is 6.31. The number of carbonyl (C=O) groups excluding carboxylic acids is 1. The third-order valence-corrected chi connectivity index (χ3v) is 3.98. The molecule has 5 nitrogen and oxygen atoms in total. The van der Waals surface area contributed by atoms with Crippen LogP contribution in [0.25, 0.3) is 0 Å². The molecule has 0 bridgehead atoms. The van der Waals surface area contributed by atoms with E-state index < -0.39 is 17.7 Å². The molecular weight excluding hydrogens is 306 g/mol. The Morgan fingerprint density at radius 1 is 1.36 bits per heavy atom. The van der Waals surface area contributed by atoms with Crippen molar-refractivity contribution in [3.63, 3.8) is 0 Å². The SMILES string of the molecule is CC1c2c(Cl)ccc(C(=O)O)c2CCN1C(=O)OC(C)(C)C. The standard InChI is InChI=1S/C16H20ClNO4/c1-9-13-10(11(14(19)20)5-6-12(13)17)7-8-18(9)15(21)22-16(2,3)4/h5-6,9H,7-8H2,1-4H3,(H,19,20). The molecule has 6 heteroatoms. The van der Waals surface area contributed by atoms with Gasteiger partial charge in [0.05, 0.1) is 11.6 Å². The Bertz CT molecular complexity index is 621. The molecule has 0 spiro atoms. The van der Waals surface area contributed by atoms with Crippen LogP contribution < -0.4 is 0 Å². The van der Waals surface area contributed by atoms with Gasteiger partial charge < -0.3 is 14.7 Å². The summed E-state index contributed by atoms with van der Waals surface area (Å²) in [6, 6.07) is 2.75. The van der Waals surface area contributed by atoms with Crippen LogP contribution in [0.2, 0.25) is 5.02 Å². The average Bonchev–Trinajstić information content (AvgIpc) is 2.36. The van der Waals surface area contributed by atoms with Gasteiger partial charge >= 0.3 is 12.1 Å². The smallest absolute Gasteiger partial charge is 0.410 e. The van der Waals surface area contributed by atoms with Gasteiger partial charge in [-0.05, 0) is 57.4 Å². The van der Waals surface area contributed by atoms with E-state index in [1.54, 1.807) is 11.0 Å². The van der Waals surface area contributed by atoms with E-state index >= 15 is 0 Å². The molecule has 1 amide bonds. The molecule has 1 aliphatic heterocycles.